The normalized spacial score (nSPS) is 10.6. The van der Waals surface area contributed by atoms with Gasteiger partial charge in [-0.1, -0.05) is 0 Å². The molecule has 0 spiro atoms. The van der Waals surface area contributed by atoms with Crippen molar-refractivity contribution >= 4 is 17.0 Å². The summed E-state index contributed by atoms with van der Waals surface area (Å²) in [5, 5.41) is 6.40. The summed E-state index contributed by atoms with van der Waals surface area (Å²) in [5.74, 6) is 1.02. The summed E-state index contributed by atoms with van der Waals surface area (Å²) in [4.78, 5) is 8.58. The Morgan fingerprint density at radius 3 is 2.63 bits per heavy atom. The molecule has 0 unspecified atom stereocenters. The zero-order chi connectivity index (χ0) is 13.1. The summed E-state index contributed by atoms with van der Waals surface area (Å²) in [6.07, 6.45) is 5.58. The van der Waals surface area contributed by atoms with Crippen molar-refractivity contribution in [1.29, 1.82) is 0 Å². The molecule has 96 valence electrons. The van der Waals surface area contributed by atoms with Crippen LogP contribution in [-0.4, -0.2) is 14.5 Å². The number of imidazole rings is 1. The number of aromatic nitrogens is 3. The molecule has 3 aromatic rings. The Kier molecular flexibility index (Phi) is 3.29. The fourth-order valence-electron chi connectivity index (χ4n) is 1.84. The fourth-order valence-corrected chi connectivity index (χ4v) is 2.49. The van der Waals surface area contributed by atoms with E-state index in [1.165, 1.54) is 0 Å². The van der Waals surface area contributed by atoms with Crippen molar-refractivity contribution in [3.05, 3.63) is 54.1 Å². The van der Waals surface area contributed by atoms with Crippen molar-refractivity contribution in [3.63, 3.8) is 0 Å². The first-order valence-electron chi connectivity index (χ1n) is 6.03. The molecule has 0 aliphatic carbocycles. The molecule has 0 bridgehead atoms. The van der Waals surface area contributed by atoms with Crippen LogP contribution in [0.2, 0.25) is 0 Å². The molecule has 5 heteroatoms. The van der Waals surface area contributed by atoms with Crippen LogP contribution in [0.4, 0.5) is 5.69 Å². The van der Waals surface area contributed by atoms with Gasteiger partial charge in [-0.3, -0.25) is 0 Å². The Morgan fingerprint density at radius 1 is 1.16 bits per heavy atom. The molecule has 2 heterocycles. The van der Waals surface area contributed by atoms with Gasteiger partial charge in [-0.05, 0) is 24.3 Å². The molecule has 1 N–H and O–H groups in total. The summed E-state index contributed by atoms with van der Waals surface area (Å²) >= 11 is 1.65. The van der Waals surface area contributed by atoms with E-state index >= 15 is 0 Å². The first-order valence-corrected chi connectivity index (χ1v) is 6.91. The summed E-state index contributed by atoms with van der Waals surface area (Å²) in [6, 6.07) is 8.30. The topological polar surface area (TPSA) is 42.7 Å². The highest BCUT2D eigenvalue weighted by Gasteiger charge is 2.01. The van der Waals surface area contributed by atoms with Crippen molar-refractivity contribution in [2.75, 3.05) is 5.32 Å². The molecule has 3 rings (SSSR count). The molecule has 1 aromatic carbocycles. The average molecular weight is 270 g/mol. The second kappa shape index (κ2) is 5.24. The van der Waals surface area contributed by atoms with Crippen molar-refractivity contribution in [2.45, 2.75) is 6.54 Å². The van der Waals surface area contributed by atoms with E-state index in [0.29, 0.717) is 0 Å². The van der Waals surface area contributed by atoms with Crippen LogP contribution in [0.1, 0.15) is 5.82 Å². The largest absolute Gasteiger partial charge is 0.378 e. The maximum absolute atomic E-state index is 4.30. The van der Waals surface area contributed by atoms with Crippen molar-refractivity contribution in [1.82, 2.24) is 14.5 Å². The third-order valence-corrected chi connectivity index (χ3v) is 3.76. The van der Waals surface area contributed by atoms with E-state index < -0.39 is 0 Å². The number of nitrogens with zero attached hydrogens (tertiary/aromatic N) is 3. The van der Waals surface area contributed by atoms with Crippen LogP contribution in [0, 0.1) is 0 Å². The second-order valence-electron chi connectivity index (χ2n) is 4.22. The van der Waals surface area contributed by atoms with Gasteiger partial charge < -0.3 is 9.88 Å². The molecule has 19 heavy (non-hydrogen) atoms. The van der Waals surface area contributed by atoms with Gasteiger partial charge in [0.1, 0.15) is 10.8 Å². The Balaban J connectivity index is 1.68. The molecule has 0 fully saturated rings. The molecular weight excluding hydrogens is 256 g/mol. The van der Waals surface area contributed by atoms with E-state index in [0.717, 1.165) is 28.6 Å². The summed E-state index contributed by atoms with van der Waals surface area (Å²) < 4.78 is 2.01. The van der Waals surface area contributed by atoms with Gasteiger partial charge in [0.15, 0.2) is 0 Å². The van der Waals surface area contributed by atoms with E-state index in [9.17, 15) is 0 Å². The quantitative estimate of drug-likeness (QED) is 0.792. The maximum Gasteiger partial charge on any atom is 0.127 e. The number of anilines is 1. The Morgan fingerprint density at radius 2 is 2.00 bits per heavy atom. The molecule has 0 aliphatic heterocycles. The average Bonchev–Trinajstić information content (AvgIpc) is 3.09. The lowest BCUT2D eigenvalue weighted by atomic mass is 10.2. The van der Waals surface area contributed by atoms with Crippen LogP contribution in [0.3, 0.4) is 0 Å². The third kappa shape index (κ3) is 2.66. The van der Waals surface area contributed by atoms with Crippen LogP contribution in [0.5, 0.6) is 0 Å². The van der Waals surface area contributed by atoms with Crippen LogP contribution in [0.15, 0.2) is 48.2 Å². The molecule has 2 aromatic heterocycles. The lowest BCUT2D eigenvalue weighted by Gasteiger charge is -2.07. The number of hydrogen-bond acceptors (Lipinski definition) is 4. The highest BCUT2D eigenvalue weighted by molar-refractivity contribution is 7.13. The Bertz CT molecular complexity index is 640. The van der Waals surface area contributed by atoms with Crippen molar-refractivity contribution < 1.29 is 0 Å². The van der Waals surface area contributed by atoms with Gasteiger partial charge in [-0.2, -0.15) is 0 Å². The summed E-state index contributed by atoms with van der Waals surface area (Å²) in [6.45, 7) is 0.722. The van der Waals surface area contributed by atoms with Gasteiger partial charge in [-0.15, -0.1) is 11.3 Å². The van der Waals surface area contributed by atoms with Crippen LogP contribution in [0.25, 0.3) is 10.6 Å². The number of rotatable bonds is 4. The maximum atomic E-state index is 4.30. The molecule has 0 atom stereocenters. The smallest absolute Gasteiger partial charge is 0.127 e. The molecule has 0 aliphatic rings. The standard InChI is InChI=1S/C14H14N4S/c1-18-8-6-15-13(18)10-17-12-4-2-11(3-5-12)14-16-7-9-19-14/h2-9,17H,10H2,1H3. The highest BCUT2D eigenvalue weighted by Crippen LogP contribution is 2.23. The minimum Gasteiger partial charge on any atom is -0.378 e. The number of aryl methyl sites for hydroxylation is 1. The molecule has 0 radical (unpaired) electrons. The van der Waals surface area contributed by atoms with Gasteiger partial charge in [0.05, 0.1) is 6.54 Å². The monoisotopic (exact) mass is 270 g/mol. The van der Waals surface area contributed by atoms with Crippen LogP contribution < -0.4 is 5.32 Å². The predicted molar refractivity (Wildman–Crippen MR) is 78.1 cm³/mol. The Hall–Kier alpha value is -2.14. The van der Waals surface area contributed by atoms with Crippen LogP contribution >= 0.6 is 11.3 Å². The van der Waals surface area contributed by atoms with Gasteiger partial charge in [0.25, 0.3) is 0 Å². The van der Waals surface area contributed by atoms with E-state index in [1.54, 1.807) is 11.3 Å². The summed E-state index contributed by atoms with van der Waals surface area (Å²) in [5.41, 5.74) is 2.24. The number of benzene rings is 1. The molecular formula is C14H14N4S. The fraction of sp³-hybridized carbons (Fsp3) is 0.143. The van der Waals surface area contributed by atoms with Gasteiger partial charge >= 0.3 is 0 Å². The number of thiazole rings is 1. The van der Waals surface area contributed by atoms with Crippen molar-refractivity contribution in [2.24, 2.45) is 7.05 Å². The van der Waals surface area contributed by atoms with E-state index in [2.05, 4.69) is 39.6 Å². The second-order valence-corrected chi connectivity index (χ2v) is 5.12. The predicted octanol–water partition coefficient (Wildman–Crippen LogP) is 3.16. The zero-order valence-corrected chi connectivity index (χ0v) is 11.4. The molecule has 0 saturated heterocycles. The van der Waals surface area contributed by atoms with E-state index in [-0.39, 0.29) is 0 Å². The minimum atomic E-state index is 0.722. The van der Waals surface area contributed by atoms with E-state index in [1.807, 2.05) is 35.6 Å². The van der Waals surface area contributed by atoms with Gasteiger partial charge in [0.2, 0.25) is 0 Å². The molecule has 0 amide bonds. The highest BCUT2D eigenvalue weighted by atomic mass is 32.1. The van der Waals surface area contributed by atoms with Gasteiger partial charge in [0, 0.05) is 42.3 Å². The zero-order valence-electron chi connectivity index (χ0n) is 10.6. The van der Waals surface area contributed by atoms with Crippen molar-refractivity contribution in [3.8, 4) is 10.6 Å². The third-order valence-electron chi connectivity index (χ3n) is 2.94. The van der Waals surface area contributed by atoms with E-state index in [4.69, 9.17) is 0 Å². The SMILES string of the molecule is Cn1ccnc1CNc1ccc(-c2nccs2)cc1. The van der Waals surface area contributed by atoms with Crippen LogP contribution in [-0.2, 0) is 13.6 Å². The number of nitrogens with one attached hydrogen (secondary N) is 1. The number of hydrogen-bond donors (Lipinski definition) is 1. The Labute approximate surface area is 115 Å². The molecule has 4 nitrogen and oxygen atoms in total. The minimum absolute atomic E-state index is 0.722. The summed E-state index contributed by atoms with van der Waals surface area (Å²) in [7, 11) is 2.00. The lowest BCUT2D eigenvalue weighted by Crippen LogP contribution is -2.05. The van der Waals surface area contributed by atoms with Gasteiger partial charge in [-0.25, -0.2) is 9.97 Å². The first kappa shape index (κ1) is 11.9. The first-order chi connectivity index (χ1) is 9.33. The lowest BCUT2D eigenvalue weighted by molar-refractivity contribution is 0.813. The molecule has 0 saturated carbocycles.